The lowest BCUT2D eigenvalue weighted by Crippen LogP contribution is -2.53. The molecule has 2 amide bonds. The van der Waals surface area contributed by atoms with E-state index in [4.69, 9.17) is 9.47 Å². The van der Waals surface area contributed by atoms with Gasteiger partial charge in [0.25, 0.3) is 0 Å². The molecule has 1 unspecified atom stereocenters. The van der Waals surface area contributed by atoms with Gasteiger partial charge in [0.05, 0.1) is 14.2 Å². The van der Waals surface area contributed by atoms with Crippen LogP contribution in [-0.2, 0) is 22.6 Å². The summed E-state index contributed by atoms with van der Waals surface area (Å²) in [5.41, 5.74) is 2.76. The van der Waals surface area contributed by atoms with E-state index in [2.05, 4.69) is 5.32 Å². The second-order valence-electron chi connectivity index (χ2n) is 9.36. The smallest absolute Gasteiger partial charge is 0.243 e. The van der Waals surface area contributed by atoms with Crippen molar-refractivity contribution in [1.29, 1.82) is 0 Å². The molecule has 2 aromatic rings. The quantitative estimate of drug-likeness (QED) is 0.567. The van der Waals surface area contributed by atoms with Crippen molar-refractivity contribution in [3.8, 4) is 11.5 Å². The van der Waals surface area contributed by atoms with Gasteiger partial charge in [-0.25, -0.2) is 0 Å². The minimum atomic E-state index is -0.538. The molecule has 6 nitrogen and oxygen atoms in total. The van der Waals surface area contributed by atoms with E-state index in [1.54, 1.807) is 19.1 Å². The second kappa shape index (κ2) is 11.7. The molecule has 6 heteroatoms. The maximum absolute atomic E-state index is 13.4. The molecule has 0 aliphatic heterocycles. The van der Waals surface area contributed by atoms with Crippen LogP contribution in [0.2, 0.25) is 0 Å². The lowest BCUT2D eigenvalue weighted by Gasteiger charge is -2.33. The van der Waals surface area contributed by atoms with Gasteiger partial charge in [-0.05, 0) is 63.8 Å². The number of rotatable bonds is 10. The van der Waals surface area contributed by atoms with Crippen molar-refractivity contribution in [1.82, 2.24) is 10.2 Å². The highest BCUT2D eigenvalue weighted by Gasteiger charge is 2.30. The zero-order valence-electron chi connectivity index (χ0n) is 21.0. The summed E-state index contributed by atoms with van der Waals surface area (Å²) in [6, 6.07) is 13.2. The Kier molecular flexibility index (Phi) is 9.32. The summed E-state index contributed by atoms with van der Waals surface area (Å²) in [4.78, 5) is 28.2. The molecule has 33 heavy (non-hydrogen) atoms. The Morgan fingerprint density at radius 1 is 0.970 bits per heavy atom. The second-order valence-corrected chi connectivity index (χ2v) is 9.36. The van der Waals surface area contributed by atoms with Crippen LogP contribution in [0.3, 0.4) is 0 Å². The molecule has 0 radical (unpaired) electrons. The maximum Gasteiger partial charge on any atom is 0.243 e. The van der Waals surface area contributed by atoms with E-state index in [1.807, 2.05) is 77.1 Å². The first-order chi connectivity index (χ1) is 15.6. The molecule has 0 aliphatic rings. The largest absolute Gasteiger partial charge is 0.493 e. The minimum Gasteiger partial charge on any atom is -0.493 e. The zero-order chi connectivity index (χ0) is 24.6. The fourth-order valence-corrected chi connectivity index (χ4v) is 3.69. The molecule has 0 fully saturated rings. The van der Waals surface area contributed by atoms with Crippen LogP contribution in [0.5, 0.6) is 11.5 Å². The molecule has 0 aliphatic carbocycles. The summed E-state index contributed by atoms with van der Waals surface area (Å²) in [5, 5.41) is 3.04. The SMILES string of the molecule is CCC(C(=O)NC(C)(C)C)N(Cc1ccc(C)cc1)C(=O)CCc1ccc(OC)c(OC)c1. The average Bonchev–Trinajstić information content (AvgIpc) is 2.77. The number of amides is 2. The first-order valence-electron chi connectivity index (χ1n) is 11.5. The topological polar surface area (TPSA) is 67.9 Å². The number of benzene rings is 2. The number of methoxy groups -OCH3 is 2. The van der Waals surface area contributed by atoms with E-state index >= 15 is 0 Å². The summed E-state index contributed by atoms with van der Waals surface area (Å²) in [6.45, 7) is 10.2. The predicted octanol–water partition coefficient (Wildman–Crippen LogP) is 4.67. The Morgan fingerprint density at radius 3 is 2.12 bits per heavy atom. The van der Waals surface area contributed by atoms with Gasteiger partial charge in [0, 0.05) is 18.5 Å². The van der Waals surface area contributed by atoms with Gasteiger partial charge < -0.3 is 19.7 Å². The monoisotopic (exact) mass is 454 g/mol. The lowest BCUT2D eigenvalue weighted by molar-refractivity contribution is -0.142. The van der Waals surface area contributed by atoms with Crippen molar-refractivity contribution in [2.24, 2.45) is 0 Å². The van der Waals surface area contributed by atoms with Gasteiger partial charge in [0.15, 0.2) is 11.5 Å². The Bertz CT molecular complexity index is 932. The van der Waals surface area contributed by atoms with E-state index in [0.717, 1.165) is 16.7 Å². The summed E-state index contributed by atoms with van der Waals surface area (Å²) in [6.07, 6.45) is 1.37. The van der Waals surface area contributed by atoms with E-state index < -0.39 is 6.04 Å². The van der Waals surface area contributed by atoms with Gasteiger partial charge >= 0.3 is 0 Å². The highest BCUT2D eigenvalue weighted by Crippen LogP contribution is 2.28. The third-order valence-electron chi connectivity index (χ3n) is 5.43. The first-order valence-corrected chi connectivity index (χ1v) is 11.5. The first kappa shape index (κ1) is 26.2. The normalized spacial score (nSPS) is 12.1. The van der Waals surface area contributed by atoms with Gasteiger partial charge in [-0.3, -0.25) is 9.59 Å². The molecule has 0 heterocycles. The maximum atomic E-state index is 13.4. The Balaban J connectivity index is 2.24. The van der Waals surface area contributed by atoms with Crippen LogP contribution in [0.25, 0.3) is 0 Å². The van der Waals surface area contributed by atoms with Gasteiger partial charge in [-0.15, -0.1) is 0 Å². The average molecular weight is 455 g/mol. The number of aryl methyl sites for hydroxylation is 2. The fraction of sp³-hybridized carbons (Fsp3) is 0.481. The Morgan fingerprint density at radius 2 is 1.58 bits per heavy atom. The number of carbonyl (C=O) groups excluding carboxylic acids is 2. The van der Waals surface area contributed by atoms with Crippen LogP contribution in [0.4, 0.5) is 0 Å². The number of carbonyl (C=O) groups is 2. The van der Waals surface area contributed by atoms with Crippen molar-refractivity contribution in [3.63, 3.8) is 0 Å². The molecule has 2 rings (SSSR count). The minimum absolute atomic E-state index is 0.0544. The third-order valence-corrected chi connectivity index (χ3v) is 5.43. The summed E-state index contributed by atoms with van der Waals surface area (Å²) >= 11 is 0. The van der Waals surface area contributed by atoms with Crippen LogP contribution in [0, 0.1) is 6.92 Å². The summed E-state index contributed by atoms with van der Waals surface area (Å²) in [7, 11) is 3.19. The third kappa shape index (κ3) is 7.81. The van der Waals surface area contributed by atoms with Gasteiger partial charge in [0.1, 0.15) is 6.04 Å². The van der Waals surface area contributed by atoms with E-state index in [9.17, 15) is 9.59 Å². The highest BCUT2D eigenvalue weighted by atomic mass is 16.5. The molecule has 1 N–H and O–H groups in total. The summed E-state index contributed by atoms with van der Waals surface area (Å²) < 4.78 is 10.7. The highest BCUT2D eigenvalue weighted by molar-refractivity contribution is 5.88. The molecule has 1 atom stereocenters. The molecule has 0 saturated carbocycles. The van der Waals surface area contributed by atoms with Gasteiger partial charge in [-0.2, -0.15) is 0 Å². The van der Waals surface area contributed by atoms with Crippen molar-refractivity contribution in [2.75, 3.05) is 14.2 Å². The van der Waals surface area contributed by atoms with Crippen molar-refractivity contribution in [2.45, 2.75) is 72.0 Å². The number of nitrogens with one attached hydrogen (secondary N) is 1. The molecule has 180 valence electrons. The van der Waals surface area contributed by atoms with Crippen LogP contribution in [0.1, 0.15) is 57.2 Å². The lowest BCUT2D eigenvalue weighted by atomic mass is 10.0. The molecule has 0 bridgehead atoms. The number of hydrogen-bond donors (Lipinski definition) is 1. The molecule has 0 saturated heterocycles. The standard InChI is InChI=1S/C27H38N2O4/c1-8-22(26(31)28-27(3,4)5)29(18-21-11-9-19(2)10-12-21)25(30)16-14-20-13-15-23(32-6)24(17-20)33-7/h9-13,15,17,22H,8,14,16,18H2,1-7H3,(H,28,31). The molecule has 2 aromatic carbocycles. The van der Waals surface area contributed by atoms with Gasteiger partial charge in [0.2, 0.25) is 11.8 Å². The van der Waals surface area contributed by atoms with Crippen LogP contribution in [0.15, 0.2) is 42.5 Å². The van der Waals surface area contributed by atoms with Crippen LogP contribution >= 0.6 is 0 Å². The van der Waals surface area contributed by atoms with Gasteiger partial charge in [-0.1, -0.05) is 42.8 Å². The number of nitrogens with zero attached hydrogens (tertiary/aromatic N) is 1. The summed E-state index contributed by atoms with van der Waals surface area (Å²) in [5.74, 6) is 1.10. The van der Waals surface area contributed by atoms with E-state index in [1.165, 1.54) is 0 Å². The van der Waals surface area contributed by atoms with Crippen molar-refractivity contribution in [3.05, 3.63) is 59.2 Å². The molecule has 0 aromatic heterocycles. The molecular weight excluding hydrogens is 416 g/mol. The number of ether oxygens (including phenoxy) is 2. The zero-order valence-corrected chi connectivity index (χ0v) is 21.0. The Hall–Kier alpha value is -3.02. The molecule has 0 spiro atoms. The predicted molar refractivity (Wildman–Crippen MR) is 132 cm³/mol. The molecular formula is C27H38N2O4. The van der Waals surface area contributed by atoms with Crippen LogP contribution < -0.4 is 14.8 Å². The van der Waals surface area contributed by atoms with Crippen molar-refractivity contribution < 1.29 is 19.1 Å². The van der Waals surface area contributed by atoms with E-state index in [0.29, 0.717) is 37.3 Å². The number of hydrogen-bond acceptors (Lipinski definition) is 4. The van der Waals surface area contributed by atoms with Crippen LogP contribution in [-0.4, -0.2) is 42.5 Å². The fourth-order valence-electron chi connectivity index (χ4n) is 3.69. The Labute approximate surface area is 198 Å². The van der Waals surface area contributed by atoms with E-state index in [-0.39, 0.29) is 17.4 Å². The van der Waals surface area contributed by atoms with Crippen molar-refractivity contribution >= 4 is 11.8 Å².